The molecule has 0 bridgehead atoms. The van der Waals surface area contributed by atoms with Gasteiger partial charge >= 0.3 is 12.7 Å². The summed E-state index contributed by atoms with van der Waals surface area (Å²) in [6, 6.07) is 26.6. The molecule has 2 N–H and O–H groups in total. The molecule has 5 nitrogen and oxygen atoms in total. The monoisotopic (exact) mass is 405 g/mol. The molecule has 2 heterocycles. The van der Waals surface area contributed by atoms with Gasteiger partial charge in [-0.15, -0.1) is 0 Å². The van der Waals surface area contributed by atoms with E-state index in [9.17, 15) is 14.8 Å². The lowest BCUT2D eigenvalue weighted by molar-refractivity contribution is 0.426. The van der Waals surface area contributed by atoms with Crippen LogP contribution in [0.3, 0.4) is 0 Å². The number of nitrogens with zero attached hydrogens (tertiary/aromatic N) is 1. The van der Waals surface area contributed by atoms with Gasteiger partial charge in [-0.3, -0.25) is 0 Å². The number of benzene rings is 4. The molecule has 6 aromatic rings. The van der Waals surface area contributed by atoms with Crippen molar-refractivity contribution in [2.75, 3.05) is 0 Å². The maximum absolute atomic E-state index is 12.8. The van der Waals surface area contributed by atoms with E-state index < -0.39 is 7.12 Å². The molecule has 0 amide bonds. The Morgan fingerprint density at radius 2 is 1.39 bits per heavy atom. The highest BCUT2D eigenvalue weighted by Gasteiger charge is 2.17. The highest BCUT2D eigenvalue weighted by Crippen LogP contribution is 2.35. The first-order valence-corrected chi connectivity index (χ1v) is 9.97. The van der Waals surface area contributed by atoms with Crippen LogP contribution in [0.5, 0.6) is 0 Å². The molecule has 6 heteroatoms. The molecule has 6 rings (SSSR count). The Bertz CT molecular complexity index is 1680. The quantitative estimate of drug-likeness (QED) is 0.262. The van der Waals surface area contributed by atoms with E-state index >= 15 is 0 Å². The second kappa shape index (κ2) is 6.57. The Labute approximate surface area is 176 Å². The van der Waals surface area contributed by atoms with Gasteiger partial charge in [-0.25, -0.2) is 4.79 Å². The van der Waals surface area contributed by atoms with Gasteiger partial charge in [0.25, 0.3) is 0 Å². The van der Waals surface area contributed by atoms with Crippen molar-refractivity contribution in [2.45, 2.75) is 0 Å². The minimum atomic E-state index is -1.52. The highest BCUT2D eigenvalue weighted by molar-refractivity contribution is 6.58. The summed E-state index contributed by atoms with van der Waals surface area (Å²) in [6.45, 7) is 0. The zero-order chi connectivity index (χ0) is 21.1. The molecule has 0 spiro atoms. The number of hydrogen-bond acceptors (Lipinski definition) is 4. The van der Waals surface area contributed by atoms with Gasteiger partial charge in [-0.05, 0) is 41.9 Å². The van der Waals surface area contributed by atoms with Crippen molar-refractivity contribution in [3.05, 3.63) is 95.3 Å². The van der Waals surface area contributed by atoms with Crippen molar-refractivity contribution < 1.29 is 14.5 Å². The van der Waals surface area contributed by atoms with Crippen LogP contribution in [0.4, 0.5) is 0 Å². The SMILES string of the molecule is O=c1oc2ccccc2c2cc3c4ccccc4n(-c4ccc(B(O)O)cc4)c3cc12. The number of fused-ring (bicyclic) bond motifs is 6. The lowest BCUT2D eigenvalue weighted by atomic mass is 9.80. The van der Waals surface area contributed by atoms with E-state index in [4.69, 9.17) is 4.42 Å². The molecule has 148 valence electrons. The number of aromatic nitrogens is 1. The molecule has 0 atom stereocenters. The van der Waals surface area contributed by atoms with Crippen LogP contribution in [0, 0.1) is 0 Å². The average Bonchev–Trinajstić information content (AvgIpc) is 3.12. The summed E-state index contributed by atoms with van der Waals surface area (Å²) in [5, 5.41) is 23.2. The van der Waals surface area contributed by atoms with Gasteiger partial charge < -0.3 is 19.0 Å². The summed E-state index contributed by atoms with van der Waals surface area (Å²) >= 11 is 0. The predicted molar refractivity (Wildman–Crippen MR) is 124 cm³/mol. The van der Waals surface area contributed by atoms with E-state index in [1.807, 2.05) is 54.6 Å². The average molecular weight is 405 g/mol. The smallest absolute Gasteiger partial charge is 0.423 e. The van der Waals surface area contributed by atoms with Gasteiger partial charge in [0.1, 0.15) is 5.58 Å². The van der Waals surface area contributed by atoms with Crippen LogP contribution in [-0.4, -0.2) is 21.7 Å². The molecule has 0 saturated heterocycles. The van der Waals surface area contributed by atoms with E-state index in [1.165, 1.54) is 0 Å². The van der Waals surface area contributed by atoms with Crippen LogP contribution in [-0.2, 0) is 0 Å². The maximum atomic E-state index is 12.8. The predicted octanol–water partition coefficient (Wildman–Crippen LogP) is 3.72. The van der Waals surface area contributed by atoms with E-state index in [1.54, 1.807) is 18.2 Å². The molecular weight excluding hydrogens is 389 g/mol. The summed E-state index contributed by atoms with van der Waals surface area (Å²) in [5.74, 6) is 0. The zero-order valence-electron chi connectivity index (χ0n) is 16.3. The Kier molecular flexibility index (Phi) is 3.80. The maximum Gasteiger partial charge on any atom is 0.488 e. The Balaban J connectivity index is 1.77. The Morgan fingerprint density at radius 3 is 2.16 bits per heavy atom. The molecule has 0 aliphatic rings. The molecule has 4 aromatic carbocycles. The van der Waals surface area contributed by atoms with Gasteiger partial charge in [-0.2, -0.15) is 0 Å². The Hall–Kier alpha value is -3.87. The fourth-order valence-corrected chi connectivity index (χ4v) is 4.41. The fourth-order valence-electron chi connectivity index (χ4n) is 4.41. The molecular formula is C25H16BNO4. The molecule has 0 saturated carbocycles. The van der Waals surface area contributed by atoms with Gasteiger partial charge in [-0.1, -0.05) is 48.5 Å². The third-order valence-electron chi connectivity index (χ3n) is 5.86. The summed E-state index contributed by atoms with van der Waals surface area (Å²) in [7, 11) is -1.52. The standard InChI is InChI=1S/C25H16BNO4/c28-25-21-14-23-20(13-19(21)18-6-2-4-8-24(18)31-25)17-5-1-3-7-22(17)27(23)16-11-9-15(10-12-16)26(29)30/h1-14,29-30H. The van der Waals surface area contributed by atoms with E-state index in [0.717, 1.165) is 38.3 Å². The van der Waals surface area contributed by atoms with Gasteiger partial charge in [0, 0.05) is 27.2 Å². The van der Waals surface area contributed by atoms with Crippen LogP contribution < -0.4 is 11.1 Å². The third-order valence-corrected chi connectivity index (χ3v) is 5.86. The third kappa shape index (κ3) is 2.63. The van der Waals surface area contributed by atoms with E-state index in [-0.39, 0.29) is 5.63 Å². The minimum absolute atomic E-state index is 0.369. The summed E-state index contributed by atoms with van der Waals surface area (Å²) in [6.07, 6.45) is 0. The number of rotatable bonds is 2. The van der Waals surface area contributed by atoms with Crippen LogP contribution in [0.15, 0.2) is 94.1 Å². The normalized spacial score (nSPS) is 11.7. The first-order chi connectivity index (χ1) is 15.1. The molecule has 0 aliphatic heterocycles. The second-order valence-electron chi connectivity index (χ2n) is 7.62. The Morgan fingerprint density at radius 1 is 0.677 bits per heavy atom. The molecule has 0 aliphatic carbocycles. The lowest BCUT2D eigenvalue weighted by Gasteiger charge is -2.09. The first-order valence-electron chi connectivity index (χ1n) is 9.97. The second-order valence-corrected chi connectivity index (χ2v) is 7.62. The highest BCUT2D eigenvalue weighted by atomic mass is 16.4. The zero-order valence-corrected chi connectivity index (χ0v) is 16.3. The fraction of sp³-hybridized carbons (Fsp3) is 0. The number of hydrogen-bond donors (Lipinski definition) is 2. The van der Waals surface area contributed by atoms with Gasteiger partial charge in [0.15, 0.2) is 0 Å². The molecule has 0 radical (unpaired) electrons. The molecule has 2 aromatic heterocycles. The van der Waals surface area contributed by atoms with Crippen LogP contribution >= 0.6 is 0 Å². The number of para-hydroxylation sites is 2. The van der Waals surface area contributed by atoms with Crippen molar-refractivity contribution in [3.63, 3.8) is 0 Å². The topological polar surface area (TPSA) is 75.6 Å². The lowest BCUT2D eigenvalue weighted by Crippen LogP contribution is -2.29. The largest absolute Gasteiger partial charge is 0.488 e. The molecule has 0 unspecified atom stereocenters. The van der Waals surface area contributed by atoms with Crippen molar-refractivity contribution >= 4 is 56.1 Å². The van der Waals surface area contributed by atoms with Crippen molar-refractivity contribution in [1.82, 2.24) is 4.57 Å². The molecule has 0 fully saturated rings. The van der Waals surface area contributed by atoms with Crippen LogP contribution in [0.2, 0.25) is 0 Å². The van der Waals surface area contributed by atoms with E-state index in [0.29, 0.717) is 16.4 Å². The van der Waals surface area contributed by atoms with Crippen molar-refractivity contribution in [3.8, 4) is 5.69 Å². The van der Waals surface area contributed by atoms with Crippen molar-refractivity contribution in [1.29, 1.82) is 0 Å². The minimum Gasteiger partial charge on any atom is -0.423 e. The molecule has 31 heavy (non-hydrogen) atoms. The summed E-state index contributed by atoms with van der Waals surface area (Å²) < 4.78 is 7.64. The van der Waals surface area contributed by atoms with E-state index in [2.05, 4.69) is 16.7 Å². The van der Waals surface area contributed by atoms with Gasteiger partial charge in [0.2, 0.25) is 0 Å². The first kappa shape index (κ1) is 17.9. The van der Waals surface area contributed by atoms with Crippen molar-refractivity contribution in [2.24, 2.45) is 0 Å². The van der Waals surface area contributed by atoms with Crippen LogP contribution in [0.25, 0.3) is 49.2 Å². The summed E-state index contributed by atoms with van der Waals surface area (Å²) in [5.41, 5.74) is 3.36. The summed E-state index contributed by atoms with van der Waals surface area (Å²) in [4.78, 5) is 12.8. The van der Waals surface area contributed by atoms with Gasteiger partial charge in [0.05, 0.1) is 16.4 Å². The van der Waals surface area contributed by atoms with Crippen LogP contribution in [0.1, 0.15) is 0 Å².